The van der Waals surface area contributed by atoms with Gasteiger partial charge in [-0.2, -0.15) is 0 Å². The SMILES string of the molecule is C=CCN(C)C[C@@H]1C[C@H](c2ccc(CO)cc2)O[C@H](c2cccc(-c3cccc(CNC(=O)c4c(F)c(F)c(F)c(F)c4F)c3)c2)O1. The molecule has 11 heteroatoms. The number of likely N-dealkylation sites (N-methyl/N-ethyl adjacent to an activating group) is 1. The average Bonchev–Trinajstić information content (AvgIpc) is 3.09. The molecule has 0 radical (unpaired) electrons. The molecule has 2 N–H and O–H groups in total. The highest BCUT2D eigenvalue weighted by molar-refractivity contribution is 5.94. The van der Waals surface area contributed by atoms with Crippen LogP contribution in [0, 0.1) is 29.1 Å². The molecule has 4 aromatic rings. The Morgan fingerprint density at radius 1 is 0.872 bits per heavy atom. The summed E-state index contributed by atoms with van der Waals surface area (Å²) in [5.74, 6) is -12.6. The largest absolute Gasteiger partial charge is 0.392 e. The number of aliphatic hydroxyl groups is 1. The number of hydrogen-bond donors (Lipinski definition) is 2. The average molecular weight is 653 g/mol. The van der Waals surface area contributed by atoms with E-state index in [9.17, 15) is 31.9 Å². The summed E-state index contributed by atoms with van der Waals surface area (Å²) < 4.78 is 81.7. The normalized spacial score (nSPS) is 17.9. The maximum absolute atomic E-state index is 14.1. The minimum absolute atomic E-state index is 0.0573. The first-order valence-electron chi connectivity index (χ1n) is 14.9. The van der Waals surface area contributed by atoms with E-state index >= 15 is 0 Å². The van der Waals surface area contributed by atoms with E-state index in [1.54, 1.807) is 18.2 Å². The molecule has 0 aliphatic carbocycles. The van der Waals surface area contributed by atoms with Gasteiger partial charge < -0.3 is 24.8 Å². The molecule has 0 unspecified atom stereocenters. The van der Waals surface area contributed by atoms with Crippen molar-refractivity contribution in [2.24, 2.45) is 0 Å². The minimum atomic E-state index is -2.33. The third kappa shape index (κ3) is 7.77. The Kier molecular flexibility index (Phi) is 10.8. The molecule has 0 bridgehead atoms. The Balaban J connectivity index is 1.35. The van der Waals surface area contributed by atoms with Gasteiger partial charge >= 0.3 is 0 Å². The molecule has 0 saturated carbocycles. The number of amides is 1. The highest BCUT2D eigenvalue weighted by Gasteiger charge is 2.33. The van der Waals surface area contributed by atoms with Gasteiger partial charge in [-0.3, -0.25) is 4.79 Å². The third-order valence-electron chi connectivity index (χ3n) is 7.88. The van der Waals surface area contributed by atoms with Crippen molar-refractivity contribution in [3.8, 4) is 11.1 Å². The maximum Gasteiger partial charge on any atom is 0.257 e. The van der Waals surface area contributed by atoms with Gasteiger partial charge in [-0.05, 0) is 47.0 Å². The van der Waals surface area contributed by atoms with E-state index in [1.807, 2.05) is 67.7 Å². The van der Waals surface area contributed by atoms with Crippen molar-refractivity contribution in [1.82, 2.24) is 10.2 Å². The van der Waals surface area contributed by atoms with Gasteiger partial charge in [-0.15, -0.1) is 6.58 Å². The van der Waals surface area contributed by atoms with E-state index in [-0.39, 0.29) is 25.4 Å². The van der Waals surface area contributed by atoms with Crippen LogP contribution in [0.1, 0.15) is 51.4 Å². The molecule has 1 aliphatic rings. The smallest absolute Gasteiger partial charge is 0.257 e. The number of ether oxygens (including phenoxy) is 2. The molecule has 4 aromatic carbocycles. The second kappa shape index (κ2) is 15.0. The summed E-state index contributed by atoms with van der Waals surface area (Å²) in [6, 6.07) is 22.1. The van der Waals surface area contributed by atoms with Crippen LogP contribution in [0.15, 0.2) is 85.5 Å². The predicted octanol–water partition coefficient (Wildman–Crippen LogP) is 7.13. The van der Waals surface area contributed by atoms with Crippen LogP contribution in [0.2, 0.25) is 0 Å². The fraction of sp³-hybridized carbons (Fsp3) is 0.250. The molecule has 47 heavy (non-hydrogen) atoms. The van der Waals surface area contributed by atoms with Crippen LogP contribution >= 0.6 is 0 Å². The number of benzene rings is 4. The van der Waals surface area contributed by atoms with E-state index < -0.39 is 46.8 Å². The molecule has 5 rings (SSSR count). The highest BCUT2D eigenvalue weighted by Crippen LogP contribution is 2.39. The lowest BCUT2D eigenvalue weighted by Crippen LogP contribution is -2.37. The van der Waals surface area contributed by atoms with Gasteiger partial charge in [0.25, 0.3) is 5.91 Å². The lowest BCUT2D eigenvalue weighted by molar-refractivity contribution is -0.252. The standard InChI is InChI=1S/C36H33F5N2O4/c1-3-14-43(2)19-27-17-28(23-12-10-21(20-44)11-13-23)47-36(46-27)26-9-5-8-25(16-26)24-7-4-6-22(15-24)18-42-35(45)29-30(37)32(39)34(41)33(40)31(29)38/h3-13,15-16,27-28,36,44H,1,14,17-20H2,2H3,(H,42,45)/t27-,28+,36+/m0/s1. The topological polar surface area (TPSA) is 71.0 Å². The number of carbonyl (C=O) groups excluding carboxylic acids is 1. The van der Waals surface area contributed by atoms with Crippen LogP contribution in [0.3, 0.4) is 0 Å². The van der Waals surface area contributed by atoms with Crippen molar-refractivity contribution >= 4 is 5.91 Å². The van der Waals surface area contributed by atoms with Crippen molar-refractivity contribution in [3.63, 3.8) is 0 Å². The van der Waals surface area contributed by atoms with E-state index in [0.29, 0.717) is 25.1 Å². The Bertz CT molecular complexity index is 1720. The molecular weight excluding hydrogens is 619 g/mol. The number of carbonyl (C=O) groups is 1. The number of halogens is 5. The minimum Gasteiger partial charge on any atom is -0.392 e. The molecule has 1 aliphatic heterocycles. The lowest BCUT2D eigenvalue weighted by Gasteiger charge is -2.37. The Morgan fingerprint density at radius 3 is 2.17 bits per heavy atom. The van der Waals surface area contributed by atoms with Crippen molar-refractivity contribution in [3.05, 3.63) is 142 Å². The number of hydrogen-bond acceptors (Lipinski definition) is 5. The van der Waals surface area contributed by atoms with Crippen LogP contribution in [-0.4, -0.2) is 42.2 Å². The lowest BCUT2D eigenvalue weighted by atomic mass is 9.98. The molecule has 6 nitrogen and oxygen atoms in total. The summed E-state index contributed by atoms with van der Waals surface area (Å²) in [6.07, 6.45) is 1.32. The van der Waals surface area contributed by atoms with Gasteiger partial charge in [-0.1, -0.05) is 66.7 Å². The summed E-state index contributed by atoms with van der Waals surface area (Å²) in [6.45, 7) is 4.85. The van der Waals surface area contributed by atoms with Crippen molar-refractivity contribution in [1.29, 1.82) is 0 Å². The zero-order valence-corrected chi connectivity index (χ0v) is 25.5. The molecule has 1 amide bonds. The molecule has 0 spiro atoms. The third-order valence-corrected chi connectivity index (χ3v) is 7.88. The van der Waals surface area contributed by atoms with Gasteiger partial charge in [0.15, 0.2) is 29.6 Å². The molecule has 3 atom stereocenters. The summed E-state index contributed by atoms with van der Waals surface area (Å²) in [5, 5.41) is 11.7. The molecule has 1 saturated heterocycles. The molecule has 0 aromatic heterocycles. The van der Waals surface area contributed by atoms with Crippen molar-refractivity contribution in [2.75, 3.05) is 20.1 Å². The number of aliphatic hydroxyl groups excluding tert-OH is 1. The van der Waals surface area contributed by atoms with Crippen LogP contribution < -0.4 is 5.32 Å². The van der Waals surface area contributed by atoms with Gasteiger partial charge in [0.1, 0.15) is 5.56 Å². The summed E-state index contributed by atoms with van der Waals surface area (Å²) >= 11 is 0. The van der Waals surface area contributed by atoms with E-state index in [2.05, 4.69) is 16.8 Å². The van der Waals surface area contributed by atoms with E-state index in [4.69, 9.17) is 9.47 Å². The van der Waals surface area contributed by atoms with Gasteiger partial charge in [0.2, 0.25) is 5.82 Å². The predicted molar refractivity (Wildman–Crippen MR) is 165 cm³/mol. The maximum atomic E-state index is 14.1. The van der Waals surface area contributed by atoms with Crippen LogP contribution in [0.5, 0.6) is 0 Å². The summed E-state index contributed by atoms with van der Waals surface area (Å²) in [5.41, 5.74) is 3.03. The quantitative estimate of drug-likeness (QED) is 0.0781. The van der Waals surface area contributed by atoms with E-state index in [1.165, 1.54) is 0 Å². The number of nitrogens with one attached hydrogen (secondary N) is 1. The highest BCUT2D eigenvalue weighted by atomic mass is 19.2. The zero-order valence-electron chi connectivity index (χ0n) is 25.5. The second-order valence-electron chi connectivity index (χ2n) is 11.3. The van der Waals surface area contributed by atoms with Gasteiger partial charge in [0, 0.05) is 31.6 Å². The van der Waals surface area contributed by atoms with Crippen LogP contribution in [0.25, 0.3) is 11.1 Å². The molecule has 1 heterocycles. The number of rotatable bonds is 11. The molecule has 1 fully saturated rings. The molecule has 246 valence electrons. The summed E-state index contributed by atoms with van der Waals surface area (Å²) in [7, 11) is 1.99. The second-order valence-corrected chi connectivity index (χ2v) is 11.3. The van der Waals surface area contributed by atoms with Crippen molar-refractivity contribution < 1.29 is 41.3 Å². The summed E-state index contributed by atoms with van der Waals surface area (Å²) in [4.78, 5) is 14.6. The fourth-order valence-electron chi connectivity index (χ4n) is 5.48. The monoisotopic (exact) mass is 652 g/mol. The number of nitrogens with zero attached hydrogens (tertiary/aromatic N) is 1. The molecular formula is C36H33F5N2O4. The fourth-order valence-corrected chi connectivity index (χ4v) is 5.48. The Labute approximate surface area is 269 Å². The van der Waals surface area contributed by atoms with Crippen LogP contribution in [0.4, 0.5) is 22.0 Å². The van der Waals surface area contributed by atoms with E-state index in [0.717, 1.165) is 27.8 Å². The first-order chi connectivity index (χ1) is 22.6. The first-order valence-corrected chi connectivity index (χ1v) is 14.9. The Hall–Kier alpha value is -4.42. The Morgan fingerprint density at radius 2 is 1.51 bits per heavy atom. The van der Waals surface area contributed by atoms with Gasteiger partial charge in [-0.25, -0.2) is 22.0 Å². The first kappa shape index (κ1) is 33.9. The van der Waals surface area contributed by atoms with Gasteiger partial charge in [0.05, 0.1) is 18.8 Å². The van der Waals surface area contributed by atoms with Crippen LogP contribution in [-0.2, 0) is 22.6 Å². The zero-order chi connectivity index (χ0) is 33.7. The van der Waals surface area contributed by atoms with Crippen molar-refractivity contribution in [2.45, 2.75) is 38.1 Å².